The fourth-order valence-corrected chi connectivity index (χ4v) is 9.62. The first kappa shape index (κ1) is 43.4. The first-order valence-electron chi connectivity index (χ1n) is 20.3. The molecule has 58 heavy (non-hydrogen) atoms. The zero-order valence-corrected chi connectivity index (χ0v) is 34.5. The van der Waals surface area contributed by atoms with Crippen LogP contribution in [-0.2, 0) is 33.9 Å². The second-order valence-corrected chi connectivity index (χ2v) is 19.2. The lowest BCUT2D eigenvalue weighted by Gasteiger charge is -2.33. The van der Waals surface area contributed by atoms with Crippen molar-refractivity contribution in [2.24, 2.45) is 29.1 Å². The Morgan fingerprint density at radius 2 is 1.81 bits per heavy atom. The summed E-state index contributed by atoms with van der Waals surface area (Å²) < 4.78 is 86.5. The Labute approximate surface area is 337 Å². The van der Waals surface area contributed by atoms with Gasteiger partial charge in [0.25, 0.3) is 0 Å². The second-order valence-electron chi connectivity index (χ2n) is 17.2. The van der Waals surface area contributed by atoms with Crippen molar-refractivity contribution in [1.82, 2.24) is 14.6 Å². The smallest absolute Gasteiger partial charge is 0.427 e. The number of hydrogen-bond acceptors (Lipinski definition) is 10. The topological polar surface area (TPSA) is 158 Å². The number of amides is 2. The number of aromatic nitrogens is 1. The van der Waals surface area contributed by atoms with Crippen LogP contribution >= 0.6 is 0 Å². The highest BCUT2D eigenvalue weighted by Gasteiger charge is 2.62. The van der Waals surface area contributed by atoms with E-state index in [0.29, 0.717) is 49.8 Å². The molecule has 1 saturated heterocycles. The number of esters is 1. The van der Waals surface area contributed by atoms with Gasteiger partial charge in [0.05, 0.1) is 42.2 Å². The van der Waals surface area contributed by atoms with Crippen LogP contribution < -0.4 is 14.2 Å². The summed E-state index contributed by atoms with van der Waals surface area (Å²) >= 11 is 0. The molecule has 318 valence electrons. The van der Waals surface area contributed by atoms with Gasteiger partial charge >= 0.3 is 12.1 Å². The number of benzene rings is 1. The highest BCUT2D eigenvalue weighted by Crippen LogP contribution is 2.57. The van der Waals surface area contributed by atoms with E-state index in [1.54, 1.807) is 31.3 Å². The van der Waals surface area contributed by atoms with Gasteiger partial charge in [0.2, 0.25) is 33.3 Å². The van der Waals surface area contributed by atoms with Gasteiger partial charge in [0.1, 0.15) is 11.9 Å². The molecule has 0 spiro atoms. The lowest BCUT2D eigenvalue weighted by atomic mass is 9.82. The van der Waals surface area contributed by atoms with Crippen molar-refractivity contribution in [3.8, 4) is 11.6 Å². The molecule has 3 fully saturated rings. The molecule has 0 radical (unpaired) electrons. The molecular formula is C42H54F3N3O9S. The summed E-state index contributed by atoms with van der Waals surface area (Å²) in [6.07, 6.45) is 2.33. The zero-order valence-electron chi connectivity index (χ0n) is 33.7. The average Bonchev–Trinajstić information content (AvgIpc) is 4.07. The SMILES string of the molecule is CCCOc1ccc2c(O[C@@H]3C[C@H]4C(=O)C[C@]5(C(=O)NS(=O)(=O)C6CC6)C[C@H]5/C=C\CC[C@H](C)C[C@@H](C)[C@H](CC(=O)OC(C)(C)C(F)(F)F)C(=O)N4C3)nccc2c1. The number of rotatable bonds is 11. The van der Waals surface area contributed by atoms with Crippen LogP contribution in [0, 0.1) is 29.1 Å². The minimum absolute atomic E-state index is 0.0119. The molecule has 12 nitrogen and oxygen atoms in total. The third-order valence-corrected chi connectivity index (χ3v) is 13.9. The molecule has 1 aromatic carbocycles. The van der Waals surface area contributed by atoms with E-state index in [4.69, 9.17) is 14.2 Å². The lowest BCUT2D eigenvalue weighted by Crippen LogP contribution is -2.48. The number of allylic oxidation sites excluding steroid dienone is 2. The third-order valence-electron chi connectivity index (χ3n) is 12.1. The largest absolute Gasteiger partial charge is 0.494 e. The second kappa shape index (κ2) is 16.8. The summed E-state index contributed by atoms with van der Waals surface area (Å²) in [6, 6.07) is 6.09. The molecule has 1 aromatic heterocycles. The van der Waals surface area contributed by atoms with E-state index in [2.05, 4.69) is 9.71 Å². The maximum Gasteiger partial charge on any atom is 0.427 e. The quantitative estimate of drug-likeness (QED) is 0.188. The van der Waals surface area contributed by atoms with Gasteiger partial charge in [-0.25, -0.2) is 13.4 Å². The molecule has 2 saturated carbocycles. The fourth-order valence-electron chi connectivity index (χ4n) is 8.24. The molecule has 16 heteroatoms. The summed E-state index contributed by atoms with van der Waals surface area (Å²) in [5.74, 6) is -4.20. The van der Waals surface area contributed by atoms with E-state index in [9.17, 15) is 40.8 Å². The van der Waals surface area contributed by atoms with Crippen LogP contribution in [0.5, 0.6) is 11.6 Å². The molecule has 3 heterocycles. The number of nitrogens with zero attached hydrogens (tertiary/aromatic N) is 2. The van der Waals surface area contributed by atoms with Crippen molar-refractivity contribution in [3.05, 3.63) is 42.6 Å². The highest BCUT2D eigenvalue weighted by atomic mass is 32.2. The number of nitrogens with one attached hydrogen (secondary N) is 1. The Morgan fingerprint density at radius 3 is 2.50 bits per heavy atom. The van der Waals surface area contributed by atoms with E-state index in [-0.39, 0.29) is 37.6 Å². The molecule has 2 aromatic rings. The van der Waals surface area contributed by atoms with Crippen molar-refractivity contribution in [1.29, 1.82) is 0 Å². The van der Waals surface area contributed by atoms with Gasteiger partial charge < -0.3 is 19.1 Å². The molecule has 0 bridgehead atoms. The van der Waals surface area contributed by atoms with Crippen molar-refractivity contribution >= 4 is 44.4 Å². The number of Topliss-reactive ketones (excluding diaryl/α,β-unsaturated/α-hetero) is 1. The summed E-state index contributed by atoms with van der Waals surface area (Å²) in [4.78, 5) is 62.3. The number of ether oxygens (including phenoxy) is 3. The molecule has 1 N–H and O–H groups in total. The van der Waals surface area contributed by atoms with E-state index in [0.717, 1.165) is 25.7 Å². The van der Waals surface area contributed by atoms with Crippen LogP contribution in [0.15, 0.2) is 42.6 Å². The predicted molar refractivity (Wildman–Crippen MR) is 208 cm³/mol. The maximum atomic E-state index is 14.8. The van der Waals surface area contributed by atoms with Crippen molar-refractivity contribution in [2.45, 2.75) is 128 Å². The predicted octanol–water partition coefficient (Wildman–Crippen LogP) is 6.85. The first-order valence-corrected chi connectivity index (χ1v) is 21.8. The Morgan fingerprint density at radius 1 is 1.07 bits per heavy atom. The molecule has 7 atom stereocenters. The minimum Gasteiger partial charge on any atom is -0.494 e. The molecule has 2 amide bonds. The summed E-state index contributed by atoms with van der Waals surface area (Å²) in [5.41, 5.74) is -4.17. The lowest BCUT2D eigenvalue weighted by molar-refractivity contribution is -0.257. The van der Waals surface area contributed by atoms with Crippen LogP contribution in [0.25, 0.3) is 10.8 Å². The Hall–Kier alpha value is -4.21. The van der Waals surface area contributed by atoms with Crippen LogP contribution in [0.1, 0.15) is 98.8 Å². The van der Waals surface area contributed by atoms with Crippen LogP contribution in [0.3, 0.4) is 0 Å². The summed E-state index contributed by atoms with van der Waals surface area (Å²) in [7, 11) is -3.93. The van der Waals surface area contributed by atoms with E-state index in [1.807, 2.05) is 32.1 Å². The highest BCUT2D eigenvalue weighted by molar-refractivity contribution is 7.90. The standard InChI is InChI=1S/C42H54F3N3O9S/c1-6-17-55-29-11-14-32-27(19-29)15-16-46-37(32)56-30-20-34-35(49)23-41(39(52)47-58(53,54)31-12-13-31)22-28(41)10-8-7-9-25(2)18-26(3)33(38(51)48(34)24-30)21-36(50)57-40(4,5)42(43,44)45/h8,10-11,14-16,19,25-26,28,30-31,33-34H,6-7,9,12-13,17-18,20-24H2,1-5H3,(H,47,52)/b10-8-/t25-,26+,28+,30+,33-,34-,41+/m0/s1. The van der Waals surface area contributed by atoms with Crippen LogP contribution in [-0.4, -0.2) is 84.2 Å². The molecule has 0 unspecified atom stereocenters. The average molecular weight is 834 g/mol. The normalized spacial score (nSPS) is 29.1. The van der Waals surface area contributed by atoms with Gasteiger partial charge in [-0.05, 0) is 106 Å². The molecular weight excluding hydrogens is 780 g/mol. The summed E-state index contributed by atoms with van der Waals surface area (Å²) in [5, 5.41) is 0.777. The number of alkyl halides is 3. The molecule has 2 aliphatic carbocycles. The van der Waals surface area contributed by atoms with E-state index >= 15 is 0 Å². The Kier molecular flexibility index (Phi) is 12.6. The summed E-state index contributed by atoms with van der Waals surface area (Å²) in [6.45, 7) is 7.65. The number of carbonyl (C=O) groups excluding carboxylic acids is 4. The third kappa shape index (κ3) is 9.63. The molecule has 2 aliphatic heterocycles. The van der Waals surface area contributed by atoms with Gasteiger partial charge in [-0.1, -0.05) is 32.9 Å². The van der Waals surface area contributed by atoms with E-state index in [1.165, 1.54) is 4.90 Å². The van der Waals surface area contributed by atoms with Gasteiger partial charge in [0, 0.05) is 24.4 Å². The number of fused-ring (bicyclic) bond motifs is 3. The molecule has 6 rings (SSSR count). The van der Waals surface area contributed by atoms with Gasteiger partial charge in [-0.15, -0.1) is 0 Å². The Bertz CT molecular complexity index is 2040. The zero-order chi connectivity index (χ0) is 42.2. The number of sulfonamides is 1. The maximum absolute atomic E-state index is 14.8. The monoisotopic (exact) mass is 833 g/mol. The number of ketones is 1. The number of hydrogen-bond donors (Lipinski definition) is 1. The first-order chi connectivity index (χ1) is 27.2. The van der Waals surface area contributed by atoms with Gasteiger partial charge in [-0.2, -0.15) is 13.2 Å². The van der Waals surface area contributed by atoms with Crippen molar-refractivity contribution < 1.29 is 55.0 Å². The minimum atomic E-state index is -4.86. The van der Waals surface area contributed by atoms with Gasteiger partial charge in [-0.3, -0.25) is 23.9 Å². The van der Waals surface area contributed by atoms with Crippen LogP contribution in [0.4, 0.5) is 13.2 Å². The molecule has 4 aliphatic rings. The number of halogens is 3. The van der Waals surface area contributed by atoms with Crippen molar-refractivity contribution in [2.75, 3.05) is 13.2 Å². The fraction of sp³-hybridized carbons (Fsp3) is 0.643. The van der Waals surface area contributed by atoms with Crippen LogP contribution in [0.2, 0.25) is 0 Å². The van der Waals surface area contributed by atoms with E-state index < -0.39 is 92.4 Å². The number of carbonyl (C=O) groups is 4. The van der Waals surface area contributed by atoms with Crippen molar-refractivity contribution in [3.63, 3.8) is 0 Å². The number of pyridine rings is 1. The van der Waals surface area contributed by atoms with Gasteiger partial charge in [0.15, 0.2) is 5.78 Å². The Balaban J connectivity index is 1.34.